The highest BCUT2D eigenvalue weighted by Gasteiger charge is 2.21. The van der Waals surface area contributed by atoms with Gasteiger partial charge in [0.15, 0.2) is 0 Å². The molecular weight excluding hydrogens is 828 g/mol. The van der Waals surface area contributed by atoms with Crippen LogP contribution in [0.3, 0.4) is 0 Å². The molecular formula is C40H44Cl2N6O8S2. The molecule has 0 aliphatic rings. The van der Waals surface area contributed by atoms with E-state index in [-0.39, 0.29) is 30.8 Å². The van der Waals surface area contributed by atoms with Crippen LogP contribution in [-0.4, -0.2) is 74.5 Å². The number of anilines is 1. The molecule has 0 aliphatic carbocycles. The van der Waals surface area contributed by atoms with Gasteiger partial charge in [-0.1, -0.05) is 45.9 Å². The van der Waals surface area contributed by atoms with E-state index < -0.39 is 0 Å². The van der Waals surface area contributed by atoms with E-state index in [0.717, 1.165) is 47.4 Å². The van der Waals surface area contributed by atoms with Crippen molar-refractivity contribution in [1.82, 2.24) is 19.9 Å². The number of aliphatic imine (C=N–C) groups is 1. The number of fused-ring (bicyclic) bond motifs is 2. The summed E-state index contributed by atoms with van der Waals surface area (Å²) in [4.78, 5) is 46.0. The third-order valence-corrected chi connectivity index (χ3v) is 11.1. The van der Waals surface area contributed by atoms with Crippen LogP contribution in [0.25, 0.3) is 20.7 Å². The fraction of sp³-hybridized carbons (Fsp3) is 0.350. The van der Waals surface area contributed by atoms with E-state index in [0.29, 0.717) is 50.0 Å². The molecule has 14 nitrogen and oxygen atoms in total. The highest BCUT2D eigenvalue weighted by Crippen LogP contribution is 2.38. The number of isocyanates is 1. The summed E-state index contributed by atoms with van der Waals surface area (Å²) in [6, 6.07) is 6.43. The van der Waals surface area contributed by atoms with Gasteiger partial charge in [-0.3, -0.25) is 4.79 Å². The minimum Gasteiger partial charge on any atom is -0.496 e. The van der Waals surface area contributed by atoms with Crippen molar-refractivity contribution < 1.29 is 38.0 Å². The van der Waals surface area contributed by atoms with Crippen molar-refractivity contribution >= 4 is 89.8 Å². The van der Waals surface area contributed by atoms with Crippen molar-refractivity contribution in [2.75, 3.05) is 48.4 Å². The quantitative estimate of drug-likeness (QED) is 0.0858. The molecule has 0 spiro atoms. The number of halogens is 2. The molecule has 6 aromatic rings. The van der Waals surface area contributed by atoms with Crippen LogP contribution in [0.2, 0.25) is 10.0 Å². The number of ketones is 1. The molecule has 2 unspecified atom stereocenters. The summed E-state index contributed by atoms with van der Waals surface area (Å²) >= 11 is 15.2. The standard InChI is InChI=1S/C21H23ClN2O4S.C10H13N3OS.C9H8ClNO3/c1-11(26-3)19-14(10-23-21-20(19)24-12(2)29-21)7-15(25)6-13-8-16(22)18(28-5)9-17(13)27-4;1-5(14-3)8-7(11)4-12-10-9(8)13-6(2)15-10;1-13-8-4-9(14-2)7(11-5-12)3-6(8)10/h8-11H,6-7H2,1-5H3;4-5H,11H2,1-3H3;3-4H,1-2H3. The van der Waals surface area contributed by atoms with Crippen LogP contribution in [0.1, 0.15) is 58.3 Å². The van der Waals surface area contributed by atoms with Crippen LogP contribution in [0.15, 0.2) is 41.7 Å². The summed E-state index contributed by atoms with van der Waals surface area (Å²) in [5.74, 6) is 1.96. The lowest BCUT2D eigenvalue weighted by atomic mass is 9.97. The number of nitrogens with two attached hydrogens (primary N) is 1. The van der Waals surface area contributed by atoms with Gasteiger partial charge >= 0.3 is 0 Å². The minimum atomic E-state index is -0.199. The summed E-state index contributed by atoms with van der Waals surface area (Å²) in [6.07, 6.45) is 4.98. The lowest BCUT2D eigenvalue weighted by molar-refractivity contribution is -0.117. The maximum absolute atomic E-state index is 12.9. The molecule has 2 aromatic carbocycles. The van der Waals surface area contributed by atoms with Crippen molar-refractivity contribution in [2.24, 2.45) is 4.99 Å². The molecule has 18 heteroatoms. The van der Waals surface area contributed by atoms with Gasteiger partial charge in [0.2, 0.25) is 6.08 Å². The van der Waals surface area contributed by atoms with Gasteiger partial charge in [0.1, 0.15) is 55.2 Å². The monoisotopic (exact) mass is 870 g/mol. The first kappa shape index (κ1) is 45.8. The third-order valence-electron chi connectivity index (χ3n) is 8.73. The van der Waals surface area contributed by atoms with Crippen LogP contribution >= 0.6 is 45.9 Å². The highest BCUT2D eigenvalue weighted by atomic mass is 35.5. The van der Waals surface area contributed by atoms with Gasteiger partial charge in [-0.15, -0.1) is 0 Å². The van der Waals surface area contributed by atoms with Gasteiger partial charge in [-0.2, -0.15) is 4.99 Å². The molecule has 2 N–H and O–H groups in total. The average molecular weight is 872 g/mol. The summed E-state index contributed by atoms with van der Waals surface area (Å²) in [5.41, 5.74) is 11.9. The number of aromatic nitrogens is 4. The predicted octanol–water partition coefficient (Wildman–Crippen LogP) is 9.35. The van der Waals surface area contributed by atoms with Crippen molar-refractivity contribution in [3.05, 3.63) is 79.0 Å². The topological polar surface area (TPSA) is 179 Å². The number of ether oxygens (including phenoxy) is 6. The Morgan fingerprint density at radius 3 is 1.74 bits per heavy atom. The van der Waals surface area contributed by atoms with Gasteiger partial charge in [0.25, 0.3) is 0 Å². The molecule has 0 amide bonds. The number of carbonyl (C=O) groups is 1. The number of methoxy groups -OCH3 is 6. The zero-order chi connectivity index (χ0) is 42.7. The van der Waals surface area contributed by atoms with E-state index in [1.165, 1.54) is 44.8 Å². The Bertz CT molecular complexity index is 2440. The summed E-state index contributed by atoms with van der Waals surface area (Å²) in [6.45, 7) is 7.81. The Labute approximate surface area is 354 Å². The lowest BCUT2D eigenvalue weighted by Crippen LogP contribution is -2.12. The van der Waals surface area contributed by atoms with Crippen LogP contribution in [0, 0.1) is 13.8 Å². The second-order valence-electron chi connectivity index (χ2n) is 12.4. The van der Waals surface area contributed by atoms with Crippen LogP contribution in [0.4, 0.5) is 11.4 Å². The molecule has 0 bridgehead atoms. The number of thiazole rings is 2. The Kier molecular flexibility index (Phi) is 16.7. The largest absolute Gasteiger partial charge is 0.496 e. The second-order valence-corrected chi connectivity index (χ2v) is 15.6. The number of aryl methyl sites for hydroxylation is 2. The molecule has 6 rings (SSSR count). The zero-order valence-corrected chi connectivity index (χ0v) is 36.8. The molecule has 0 radical (unpaired) electrons. The van der Waals surface area contributed by atoms with Crippen LogP contribution in [-0.2, 0) is 31.9 Å². The van der Waals surface area contributed by atoms with E-state index >= 15 is 0 Å². The molecule has 0 saturated carbocycles. The van der Waals surface area contributed by atoms with E-state index in [1.807, 2.05) is 27.7 Å². The molecule has 0 saturated heterocycles. The van der Waals surface area contributed by atoms with Crippen LogP contribution in [0.5, 0.6) is 23.0 Å². The number of nitrogens with zero attached hydrogens (tertiary/aromatic N) is 5. The van der Waals surface area contributed by atoms with Crippen molar-refractivity contribution in [1.29, 1.82) is 0 Å². The van der Waals surface area contributed by atoms with E-state index in [1.54, 1.807) is 63.3 Å². The van der Waals surface area contributed by atoms with E-state index in [4.69, 9.17) is 57.4 Å². The SMILES string of the molecule is COC(C)c1c(N)cnc2sc(C)nc12.COc1cc(OC)c(CC(=O)Cc2cnc3sc(C)nc3c2C(C)OC)cc1Cl.COc1cc(OC)c(N=C=O)cc1Cl. The second kappa shape index (κ2) is 21.2. The number of nitrogen functional groups attached to an aromatic ring is 1. The van der Waals surface area contributed by atoms with Gasteiger partial charge in [-0.05, 0) is 45.4 Å². The molecule has 0 fully saturated rings. The molecule has 4 heterocycles. The maximum Gasteiger partial charge on any atom is 0.240 e. The Hall–Kier alpha value is -4.93. The number of hydrogen-bond acceptors (Lipinski definition) is 16. The summed E-state index contributed by atoms with van der Waals surface area (Å²) < 4.78 is 31.4. The smallest absolute Gasteiger partial charge is 0.240 e. The Morgan fingerprint density at radius 2 is 1.21 bits per heavy atom. The lowest BCUT2D eigenvalue weighted by Gasteiger charge is -2.16. The average Bonchev–Trinajstić information content (AvgIpc) is 3.78. The number of carbonyl (C=O) groups excluding carboxylic acids is 2. The van der Waals surface area contributed by atoms with Gasteiger partial charge < -0.3 is 34.2 Å². The molecule has 308 valence electrons. The maximum atomic E-state index is 12.9. The first-order valence-electron chi connectivity index (χ1n) is 17.5. The third kappa shape index (κ3) is 11.0. The predicted molar refractivity (Wildman–Crippen MR) is 229 cm³/mol. The van der Waals surface area contributed by atoms with Crippen molar-refractivity contribution in [3.63, 3.8) is 0 Å². The fourth-order valence-electron chi connectivity index (χ4n) is 5.84. The van der Waals surface area contributed by atoms with Crippen molar-refractivity contribution in [3.8, 4) is 23.0 Å². The number of benzene rings is 2. The number of rotatable bonds is 13. The van der Waals surface area contributed by atoms with E-state index in [9.17, 15) is 9.59 Å². The molecule has 58 heavy (non-hydrogen) atoms. The minimum absolute atomic E-state index is 0.0159. The molecule has 0 aliphatic heterocycles. The van der Waals surface area contributed by atoms with Gasteiger partial charge in [-0.25, -0.2) is 24.7 Å². The number of hydrogen-bond donors (Lipinski definition) is 1. The first-order chi connectivity index (χ1) is 27.7. The highest BCUT2D eigenvalue weighted by molar-refractivity contribution is 7.18. The molecule has 2 atom stereocenters. The van der Waals surface area contributed by atoms with E-state index in [2.05, 4.69) is 24.9 Å². The summed E-state index contributed by atoms with van der Waals surface area (Å²) in [7, 11) is 9.35. The van der Waals surface area contributed by atoms with Gasteiger partial charge in [0, 0.05) is 62.1 Å². The Morgan fingerprint density at radius 1 is 0.724 bits per heavy atom. The summed E-state index contributed by atoms with van der Waals surface area (Å²) in [5, 5.41) is 2.72. The fourth-order valence-corrected chi connectivity index (χ4v) is 7.88. The van der Waals surface area contributed by atoms with Gasteiger partial charge in [0.05, 0.1) is 72.6 Å². The first-order valence-corrected chi connectivity index (χ1v) is 19.9. The number of Topliss-reactive ketones (excluding diaryl/α,β-unsaturated/α-hetero) is 1. The normalized spacial score (nSPS) is 11.7. The van der Waals surface area contributed by atoms with Crippen molar-refractivity contribution in [2.45, 2.75) is 52.7 Å². The zero-order valence-electron chi connectivity index (χ0n) is 33.7. The molecule has 4 aromatic heterocycles. The number of pyridine rings is 2. The Balaban J connectivity index is 0.000000215. The van der Waals surface area contributed by atoms with Crippen LogP contribution < -0.4 is 24.7 Å².